The van der Waals surface area contributed by atoms with E-state index in [-0.39, 0.29) is 12.0 Å². The molecule has 4 heteroatoms. The number of hydrogen-bond donors (Lipinski definition) is 1. The number of carboxylic acids is 1. The predicted molar refractivity (Wildman–Crippen MR) is 55.6 cm³/mol. The number of aliphatic carboxylic acids is 1. The summed E-state index contributed by atoms with van der Waals surface area (Å²) in [5.74, 6) is -1.89. The molecule has 0 aliphatic carbocycles. The van der Waals surface area contributed by atoms with Gasteiger partial charge in [0.1, 0.15) is 0 Å². The molecule has 1 N–H and O–H groups in total. The molecule has 0 spiro atoms. The monoisotopic (exact) mass is 216 g/mol. The van der Waals surface area contributed by atoms with Crippen molar-refractivity contribution in [3.05, 3.63) is 0 Å². The Bertz CT molecular complexity index is 229. The van der Waals surface area contributed by atoms with Gasteiger partial charge in [0.15, 0.2) is 5.79 Å². The molecule has 0 amide bonds. The summed E-state index contributed by atoms with van der Waals surface area (Å²) in [5.41, 5.74) is 0. The van der Waals surface area contributed by atoms with Crippen molar-refractivity contribution in [3.63, 3.8) is 0 Å². The first-order valence-corrected chi connectivity index (χ1v) is 5.51. The zero-order valence-electron chi connectivity index (χ0n) is 9.66. The van der Waals surface area contributed by atoms with Gasteiger partial charge in [-0.15, -0.1) is 0 Å². The maximum Gasteiger partial charge on any atom is 0.306 e. The highest BCUT2D eigenvalue weighted by molar-refractivity contribution is 5.69. The van der Waals surface area contributed by atoms with Crippen molar-refractivity contribution in [2.75, 3.05) is 6.61 Å². The average Bonchev–Trinajstić information content (AvgIpc) is 2.13. The Morgan fingerprint density at radius 2 is 2.33 bits per heavy atom. The SMILES string of the molecule is CC[C@H](C[C@@]1(C)OCC[C@H](C)O1)C(=O)O. The third-order valence-electron chi connectivity index (χ3n) is 2.84. The number of ether oxygens (including phenoxy) is 2. The summed E-state index contributed by atoms with van der Waals surface area (Å²) in [6.45, 7) is 6.33. The largest absolute Gasteiger partial charge is 0.481 e. The van der Waals surface area contributed by atoms with Crippen molar-refractivity contribution in [1.82, 2.24) is 0 Å². The lowest BCUT2D eigenvalue weighted by Gasteiger charge is -2.38. The van der Waals surface area contributed by atoms with Crippen molar-refractivity contribution < 1.29 is 19.4 Å². The summed E-state index contributed by atoms with van der Waals surface area (Å²) in [6.07, 6.45) is 2.05. The minimum Gasteiger partial charge on any atom is -0.481 e. The van der Waals surface area contributed by atoms with E-state index in [9.17, 15) is 4.79 Å². The van der Waals surface area contributed by atoms with Gasteiger partial charge in [-0.3, -0.25) is 4.79 Å². The fraction of sp³-hybridized carbons (Fsp3) is 0.909. The molecule has 1 aliphatic rings. The zero-order valence-corrected chi connectivity index (χ0v) is 9.66. The minimum absolute atomic E-state index is 0.148. The quantitative estimate of drug-likeness (QED) is 0.781. The second kappa shape index (κ2) is 4.94. The number of carboxylic acid groups (broad SMARTS) is 1. The molecule has 0 bridgehead atoms. The first-order chi connectivity index (χ1) is 6.97. The first kappa shape index (κ1) is 12.5. The van der Waals surface area contributed by atoms with Crippen LogP contribution in [0.25, 0.3) is 0 Å². The maximum atomic E-state index is 10.9. The lowest BCUT2D eigenvalue weighted by molar-refractivity contribution is -0.287. The van der Waals surface area contributed by atoms with Gasteiger partial charge in [-0.2, -0.15) is 0 Å². The van der Waals surface area contributed by atoms with Crippen molar-refractivity contribution in [3.8, 4) is 0 Å². The van der Waals surface area contributed by atoms with Gasteiger partial charge in [0.05, 0.1) is 18.6 Å². The van der Waals surface area contributed by atoms with E-state index in [0.29, 0.717) is 19.4 Å². The zero-order chi connectivity index (χ0) is 11.5. The van der Waals surface area contributed by atoms with Gasteiger partial charge in [-0.25, -0.2) is 0 Å². The van der Waals surface area contributed by atoms with Crippen molar-refractivity contribution in [2.24, 2.45) is 5.92 Å². The molecule has 3 atom stereocenters. The summed E-state index contributed by atoms with van der Waals surface area (Å²) < 4.78 is 11.2. The first-order valence-electron chi connectivity index (χ1n) is 5.51. The van der Waals surface area contributed by atoms with Crippen molar-refractivity contribution in [1.29, 1.82) is 0 Å². The molecule has 1 saturated heterocycles. The molecule has 0 aromatic carbocycles. The molecule has 0 aromatic heterocycles. The van der Waals surface area contributed by atoms with Gasteiger partial charge in [-0.05, 0) is 26.7 Å². The Labute approximate surface area is 90.6 Å². The van der Waals surface area contributed by atoms with Gasteiger partial charge in [0, 0.05) is 6.42 Å². The molecular weight excluding hydrogens is 196 g/mol. The Hall–Kier alpha value is -0.610. The molecule has 1 fully saturated rings. The Kier molecular flexibility index (Phi) is 4.11. The van der Waals surface area contributed by atoms with E-state index in [1.807, 2.05) is 20.8 Å². The van der Waals surface area contributed by atoms with Crippen LogP contribution in [-0.2, 0) is 14.3 Å². The molecule has 1 aliphatic heterocycles. The molecule has 0 unspecified atom stereocenters. The maximum absolute atomic E-state index is 10.9. The van der Waals surface area contributed by atoms with Crippen LogP contribution in [0.2, 0.25) is 0 Å². The smallest absolute Gasteiger partial charge is 0.306 e. The van der Waals surface area contributed by atoms with Crippen molar-refractivity contribution >= 4 is 5.97 Å². The van der Waals surface area contributed by atoms with Crippen LogP contribution in [0.1, 0.15) is 40.0 Å². The van der Waals surface area contributed by atoms with E-state index in [2.05, 4.69) is 0 Å². The molecule has 15 heavy (non-hydrogen) atoms. The molecule has 1 rings (SSSR count). The van der Waals surface area contributed by atoms with E-state index >= 15 is 0 Å². The molecule has 88 valence electrons. The van der Waals surface area contributed by atoms with E-state index in [0.717, 1.165) is 6.42 Å². The van der Waals surface area contributed by atoms with Gasteiger partial charge < -0.3 is 14.6 Å². The molecule has 0 radical (unpaired) electrons. The summed E-state index contributed by atoms with van der Waals surface area (Å²) in [5, 5.41) is 8.97. The predicted octanol–water partition coefficient (Wildman–Crippen LogP) is 2.03. The van der Waals surface area contributed by atoms with Crippen LogP contribution in [0.5, 0.6) is 0 Å². The standard InChI is InChI=1S/C11H20O4/c1-4-9(10(12)13)7-11(3)14-6-5-8(2)15-11/h8-9H,4-7H2,1-3H3,(H,12,13)/t8-,9+,11-/m0/s1. The van der Waals surface area contributed by atoms with Gasteiger partial charge in [0.2, 0.25) is 0 Å². The van der Waals surface area contributed by atoms with Gasteiger partial charge in [-0.1, -0.05) is 6.92 Å². The minimum atomic E-state index is -0.774. The van der Waals surface area contributed by atoms with Crippen LogP contribution in [0.4, 0.5) is 0 Å². The van der Waals surface area contributed by atoms with Crippen LogP contribution in [0.15, 0.2) is 0 Å². The Morgan fingerprint density at radius 1 is 1.67 bits per heavy atom. The van der Waals surface area contributed by atoms with Crippen LogP contribution in [0, 0.1) is 5.92 Å². The fourth-order valence-electron chi connectivity index (χ4n) is 1.92. The highest BCUT2D eigenvalue weighted by atomic mass is 16.7. The van der Waals surface area contributed by atoms with E-state index in [1.165, 1.54) is 0 Å². The highest BCUT2D eigenvalue weighted by Gasteiger charge is 2.36. The lowest BCUT2D eigenvalue weighted by atomic mass is 9.96. The van der Waals surface area contributed by atoms with Gasteiger partial charge in [0.25, 0.3) is 0 Å². The van der Waals surface area contributed by atoms with E-state index in [1.54, 1.807) is 0 Å². The van der Waals surface area contributed by atoms with Crippen LogP contribution < -0.4 is 0 Å². The second-order valence-electron chi connectivity index (χ2n) is 4.35. The van der Waals surface area contributed by atoms with E-state index < -0.39 is 11.8 Å². The topological polar surface area (TPSA) is 55.8 Å². The number of rotatable bonds is 4. The van der Waals surface area contributed by atoms with Crippen LogP contribution in [-0.4, -0.2) is 29.6 Å². The van der Waals surface area contributed by atoms with Crippen molar-refractivity contribution in [2.45, 2.75) is 51.9 Å². The lowest BCUT2D eigenvalue weighted by Crippen LogP contribution is -2.43. The average molecular weight is 216 g/mol. The second-order valence-corrected chi connectivity index (χ2v) is 4.35. The van der Waals surface area contributed by atoms with E-state index in [4.69, 9.17) is 14.6 Å². The normalized spacial score (nSPS) is 33.7. The fourth-order valence-corrected chi connectivity index (χ4v) is 1.92. The van der Waals surface area contributed by atoms with Crippen LogP contribution >= 0.6 is 0 Å². The Balaban J connectivity index is 2.57. The number of carbonyl (C=O) groups is 1. The molecule has 4 nitrogen and oxygen atoms in total. The summed E-state index contributed by atoms with van der Waals surface area (Å²) in [6, 6.07) is 0. The molecular formula is C11H20O4. The molecule has 1 heterocycles. The number of hydrogen-bond acceptors (Lipinski definition) is 3. The third-order valence-corrected chi connectivity index (χ3v) is 2.84. The summed E-state index contributed by atoms with van der Waals surface area (Å²) in [4.78, 5) is 10.9. The summed E-state index contributed by atoms with van der Waals surface area (Å²) in [7, 11) is 0. The van der Waals surface area contributed by atoms with Crippen LogP contribution in [0.3, 0.4) is 0 Å². The molecule has 0 aromatic rings. The van der Waals surface area contributed by atoms with Gasteiger partial charge >= 0.3 is 5.97 Å². The highest BCUT2D eigenvalue weighted by Crippen LogP contribution is 2.30. The third kappa shape index (κ3) is 3.47. The molecule has 0 saturated carbocycles. The summed E-state index contributed by atoms with van der Waals surface area (Å²) >= 11 is 0. The Morgan fingerprint density at radius 3 is 2.80 bits per heavy atom.